The summed E-state index contributed by atoms with van der Waals surface area (Å²) < 4.78 is 6.48. The molecule has 5 heteroatoms. The fraction of sp³-hybridized carbons (Fsp3) is 0.357. The zero-order valence-electron chi connectivity index (χ0n) is 11.2. The van der Waals surface area contributed by atoms with Gasteiger partial charge in [0.25, 0.3) is 0 Å². The number of hydrogen-bond acceptors (Lipinski definition) is 4. The fourth-order valence-electron chi connectivity index (χ4n) is 2.00. The van der Waals surface area contributed by atoms with E-state index >= 15 is 0 Å². The van der Waals surface area contributed by atoms with E-state index in [0.29, 0.717) is 18.7 Å². The smallest absolute Gasteiger partial charge is 0.360 e. The Morgan fingerprint density at radius 1 is 1.32 bits per heavy atom. The van der Waals surface area contributed by atoms with Crippen LogP contribution < -0.4 is 0 Å². The number of carbonyl (C=O) groups excluding carboxylic acids is 1. The van der Waals surface area contributed by atoms with Crippen LogP contribution in [0.4, 0.5) is 0 Å². The van der Waals surface area contributed by atoms with Crippen LogP contribution in [0, 0.1) is 0 Å². The van der Waals surface area contributed by atoms with Crippen LogP contribution >= 0.6 is 0 Å². The highest BCUT2D eigenvalue weighted by atomic mass is 16.5. The van der Waals surface area contributed by atoms with E-state index in [1.165, 1.54) is 12.7 Å². The Morgan fingerprint density at radius 2 is 2.05 bits per heavy atom. The van der Waals surface area contributed by atoms with E-state index < -0.39 is 5.97 Å². The number of rotatable bonds is 5. The van der Waals surface area contributed by atoms with Crippen LogP contribution in [0.5, 0.6) is 0 Å². The van der Waals surface area contributed by atoms with Gasteiger partial charge >= 0.3 is 5.97 Å². The van der Waals surface area contributed by atoms with Crippen LogP contribution in [0.25, 0.3) is 0 Å². The first-order valence-electron chi connectivity index (χ1n) is 6.30. The third-order valence-electron chi connectivity index (χ3n) is 3.01. The van der Waals surface area contributed by atoms with E-state index in [1.807, 2.05) is 25.1 Å². The summed E-state index contributed by atoms with van der Waals surface area (Å²) in [6, 6.07) is 10.2. The van der Waals surface area contributed by atoms with Crippen LogP contribution in [0.3, 0.4) is 0 Å². The highest BCUT2D eigenvalue weighted by Crippen LogP contribution is 2.09. The van der Waals surface area contributed by atoms with Crippen molar-refractivity contribution in [1.29, 1.82) is 0 Å². The molecule has 1 aromatic heterocycles. The zero-order chi connectivity index (χ0) is 13.7. The van der Waals surface area contributed by atoms with Crippen molar-refractivity contribution < 1.29 is 9.53 Å². The van der Waals surface area contributed by atoms with Gasteiger partial charge in [-0.15, -0.1) is 5.10 Å². The van der Waals surface area contributed by atoms with Gasteiger partial charge in [-0.05, 0) is 18.4 Å². The molecular weight excluding hydrogens is 242 g/mol. The molecule has 0 saturated carbocycles. The zero-order valence-corrected chi connectivity index (χ0v) is 11.2. The van der Waals surface area contributed by atoms with Crippen LogP contribution in [0.2, 0.25) is 0 Å². The Hall–Kier alpha value is -2.17. The summed E-state index contributed by atoms with van der Waals surface area (Å²) in [5, 5.41) is 7.95. The van der Waals surface area contributed by atoms with Crippen molar-refractivity contribution in [3.63, 3.8) is 0 Å². The van der Waals surface area contributed by atoms with E-state index in [4.69, 9.17) is 4.74 Å². The standard InChI is InChI=1S/C14H17N3O2/c1-3-12-13(14(18)19-2)15-16-17(12)10-9-11-7-5-4-6-8-11/h4-8H,3,9-10H2,1-2H3. The van der Waals surface area contributed by atoms with Gasteiger partial charge < -0.3 is 4.74 Å². The molecule has 0 unspecified atom stereocenters. The molecule has 0 aliphatic rings. The maximum Gasteiger partial charge on any atom is 0.360 e. The summed E-state index contributed by atoms with van der Waals surface area (Å²) in [7, 11) is 1.35. The second-order valence-electron chi connectivity index (χ2n) is 4.19. The number of nitrogens with zero attached hydrogens (tertiary/aromatic N) is 3. The minimum Gasteiger partial charge on any atom is -0.464 e. The predicted octanol–water partition coefficient (Wildman–Crippen LogP) is 1.87. The van der Waals surface area contributed by atoms with E-state index in [9.17, 15) is 4.79 Å². The maximum absolute atomic E-state index is 11.5. The van der Waals surface area contributed by atoms with Crippen molar-refractivity contribution >= 4 is 5.97 Å². The topological polar surface area (TPSA) is 57.0 Å². The molecule has 0 amide bonds. The third kappa shape index (κ3) is 2.99. The van der Waals surface area contributed by atoms with Gasteiger partial charge in [0, 0.05) is 6.54 Å². The van der Waals surface area contributed by atoms with Gasteiger partial charge in [-0.25, -0.2) is 9.48 Å². The number of aryl methyl sites for hydroxylation is 2. The van der Waals surface area contributed by atoms with E-state index in [2.05, 4.69) is 22.4 Å². The molecule has 0 saturated heterocycles. The van der Waals surface area contributed by atoms with Gasteiger partial charge in [0.1, 0.15) is 0 Å². The largest absolute Gasteiger partial charge is 0.464 e. The maximum atomic E-state index is 11.5. The molecule has 2 rings (SSSR count). The average molecular weight is 259 g/mol. The van der Waals surface area contributed by atoms with Crippen LogP contribution in [0.15, 0.2) is 30.3 Å². The lowest BCUT2D eigenvalue weighted by Crippen LogP contribution is -2.10. The minimum absolute atomic E-state index is 0.318. The second kappa shape index (κ2) is 6.13. The number of ether oxygens (including phenoxy) is 1. The molecule has 0 bridgehead atoms. The van der Waals surface area contributed by atoms with Crippen molar-refractivity contribution in [3.05, 3.63) is 47.3 Å². The lowest BCUT2D eigenvalue weighted by Gasteiger charge is -2.05. The quantitative estimate of drug-likeness (QED) is 0.769. The molecule has 19 heavy (non-hydrogen) atoms. The van der Waals surface area contributed by atoms with E-state index in [0.717, 1.165) is 12.1 Å². The molecule has 1 heterocycles. The molecular formula is C14H17N3O2. The van der Waals surface area contributed by atoms with Gasteiger partial charge in [-0.3, -0.25) is 0 Å². The third-order valence-corrected chi connectivity index (χ3v) is 3.01. The monoisotopic (exact) mass is 259 g/mol. The van der Waals surface area contributed by atoms with Crippen LogP contribution in [0.1, 0.15) is 28.7 Å². The molecule has 0 aliphatic carbocycles. The molecule has 0 radical (unpaired) electrons. The van der Waals surface area contributed by atoms with E-state index in [-0.39, 0.29) is 0 Å². The summed E-state index contributed by atoms with van der Waals surface area (Å²) in [5.74, 6) is -0.428. The number of methoxy groups -OCH3 is 1. The van der Waals surface area contributed by atoms with Crippen molar-refractivity contribution in [1.82, 2.24) is 15.0 Å². The number of aromatic nitrogens is 3. The first-order valence-corrected chi connectivity index (χ1v) is 6.30. The molecule has 0 fully saturated rings. The molecule has 0 atom stereocenters. The molecule has 100 valence electrons. The Morgan fingerprint density at radius 3 is 2.68 bits per heavy atom. The fourth-order valence-corrected chi connectivity index (χ4v) is 2.00. The van der Waals surface area contributed by atoms with Crippen LogP contribution in [-0.2, 0) is 24.1 Å². The van der Waals surface area contributed by atoms with Gasteiger partial charge in [0.05, 0.1) is 12.8 Å². The lowest BCUT2D eigenvalue weighted by atomic mass is 10.1. The highest BCUT2D eigenvalue weighted by molar-refractivity contribution is 5.88. The molecule has 0 N–H and O–H groups in total. The summed E-state index contributed by atoms with van der Waals surface area (Å²) in [6.07, 6.45) is 1.56. The normalized spacial score (nSPS) is 10.4. The van der Waals surface area contributed by atoms with Crippen molar-refractivity contribution in [2.24, 2.45) is 0 Å². The number of esters is 1. The van der Waals surface area contributed by atoms with Gasteiger partial charge in [0.15, 0.2) is 5.69 Å². The summed E-state index contributed by atoms with van der Waals surface area (Å²) in [6.45, 7) is 2.68. The predicted molar refractivity (Wildman–Crippen MR) is 70.9 cm³/mol. The molecule has 0 aliphatic heterocycles. The first-order chi connectivity index (χ1) is 9.26. The second-order valence-corrected chi connectivity index (χ2v) is 4.19. The Balaban J connectivity index is 2.13. The molecule has 1 aromatic carbocycles. The SMILES string of the molecule is CCc1c(C(=O)OC)nnn1CCc1ccccc1. The van der Waals surface area contributed by atoms with Crippen molar-refractivity contribution in [2.75, 3.05) is 7.11 Å². The van der Waals surface area contributed by atoms with Crippen molar-refractivity contribution in [2.45, 2.75) is 26.3 Å². The van der Waals surface area contributed by atoms with E-state index in [1.54, 1.807) is 4.68 Å². The molecule has 5 nitrogen and oxygen atoms in total. The summed E-state index contributed by atoms with van der Waals surface area (Å²) in [4.78, 5) is 11.5. The Labute approximate surface area is 112 Å². The summed E-state index contributed by atoms with van der Waals surface area (Å²) in [5.41, 5.74) is 2.38. The highest BCUT2D eigenvalue weighted by Gasteiger charge is 2.18. The molecule has 0 spiro atoms. The van der Waals surface area contributed by atoms with Gasteiger partial charge in [-0.1, -0.05) is 42.5 Å². The van der Waals surface area contributed by atoms with Crippen molar-refractivity contribution in [3.8, 4) is 0 Å². The lowest BCUT2D eigenvalue weighted by molar-refractivity contribution is 0.0592. The first kappa shape index (κ1) is 13.3. The number of carbonyl (C=O) groups is 1. The van der Waals surface area contributed by atoms with Crippen LogP contribution in [-0.4, -0.2) is 28.1 Å². The molecule has 2 aromatic rings. The average Bonchev–Trinajstić information content (AvgIpc) is 2.88. The van der Waals surface area contributed by atoms with Gasteiger partial charge in [-0.2, -0.15) is 0 Å². The number of hydrogen-bond donors (Lipinski definition) is 0. The Kier molecular flexibility index (Phi) is 4.28. The Bertz CT molecular complexity index is 549. The summed E-state index contributed by atoms with van der Waals surface area (Å²) >= 11 is 0. The number of benzene rings is 1. The minimum atomic E-state index is -0.428. The van der Waals surface area contributed by atoms with Gasteiger partial charge in [0.2, 0.25) is 0 Å².